The number of aromatic nitrogens is 2. The van der Waals surface area contributed by atoms with Gasteiger partial charge in [-0.3, -0.25) is 4.79 Å². The number of carbonyl (C=O) groups is 1. The second kappa shape index (κ2) is 7.29. The first-order chi connectivity index (χ1) is 12.0. The molecular formula is C19H23N3O3. The van der Waals surface area contributed by atoms with E-state index in [1.807, 2.05) is 37.1 Å². The fourth-order valence-electron chi connectivity index (χ4n) is 3.15. The summed E-state index contributed by atoms with van der Waals surface area (Å²) in [6.45, 7) is 3.27. The zero-order chi connectivity index (χ0) is 18.0. The lowest BCUT2D eigenvalue weighted by atomic mass is 9.89. The van der Waals surface area contributed by atoms with Gasteiger partial charge in [0.2, 0.25) is 0 Å². The van der Waals surface area contributed by atoms with Gasteiger partial charge in [-0.25, -0.2) is 0 Å². The van der Waals surface area contributed by atoms with Crippen molar-refractivity contribution in [3.63, 3.8) is 0 Å². The fraction of sp³-hybridized carbons (Fsp3) is 0.421. The molecule has 1 fully saturated rings. The van der Waals surface area contributed by atoms with Crippen molar-refractivity contribution < 1.29 is 14.6 Å². The molecule has 0 spiro atoms. The van der Waals surface area contributed by atoms with Crippen molar-refractivity contribution in [1.29, 1.82) is 0 Å². The van der Waals surface area contributed by atoms with E-state index in [1.54, 1.807) is 19.2 Å². The molecule has 1 aliphatic heterocycles. The predicted molar refractivity (Wildman–Crippen MR) is 94.3 cm³/mol. The second-order valence-electron chi connectivity index (χ2n) is 6.58. The number of aliphatic hydroxyl groups is 1. The zero-order valence-corrected chi connectivity index (χ0v) is 14.8. The van der Waals surface area contributed by atoms with E-state index in [-0.39, 0.29) is 5.78 Å². The Morgan fingerprint density at radius 3 is 2.76 bits per heavy atom. The van der Waals surface area contributed by atoms with E-state index >= 15 is 0 Å². The largest absolute Gasteiger partial charge is 0.496 e. The van der Waals surface area contributed by atoms with Gasteiger partial charge in [-0.1, -0.05) is 6.07 Å². The van der Waals surface area contributed by atoms with Gasteiger partial charge in [-0.2, -0.15) is 10.2 Å². The van der Waals surface area contributed by atoms with Crippen LogP contribution in [0.5, 0.6) is 5.75 Å². The zero-order valence-electron chi connectivity index (χ0n) is 14.8. The van der Waals surface area contributed by atoms with Crippen molar-refractivity contribution >= 4 is 5.78 Å². The Hall–Kier alpha value is -2.31. The van der Waals surface area contributed by atoms with Crippen molar-refractivity contribution in [2.24, 2.45) is 5.92 Å². The van der Waals surface area contributed by atoms with Crippen LogP contribution in [-0.4, -0.2) is 53.2 Å². The number of piperidine rings is 1. The van der Waals surface area contributed by atoms with E-state index < -0.39 is 12.0 Å². The number of carbonyl (C=O) groups excluding carboxylic acids is 1. The summed E-state index contributed by atoms with van der Waals surface area (Å²) in [4.78, 5) is 14.2. The molecule has 1 aliphatic rings. The number of aryl methyl sites for hydroxylation is 1. The second-order valence-corrected chi connectivity index (χ2v) is 6.58. The minimum absolute atomic E-state index is 0.0803. The molecule has 1 aromatic heterocycles. The molecule has 0 bridgehead atoms. The van der Waals surface area contributed by atoms with Crippen LogP contribution < -0.4 is 4.74 Å². The molecule has 0 aliphatic carbocycles. The molecule has 0 radical (unpaired) electrons. The molecule has 25 heavy (non-hydrogen) atoms. The Bertz CT molecular complexity index is 761. The highest BCUT2D eigenvalue weighted by molar-refractivity contribution is 5.82. The number of aliphatic hydroxyl groups excluding tert-OH is 1. The Kier molecular flexibility index (Phi) is 5.11. The van der Waals surface area contributed by atoms with E-state index in [1.165, 1.54) is 0 Å². The number of Topliss-reactive ketones (excluding diaryl/α,β-unsaturated/α-hetero) is 1. The van der Waals surface area contributed by atoms with Gasteiger partial charge in [0.25, 0.3) is 0 Å². The van der Waals surface area contributed by atoms with Crippen LogP contribution >= 0.6 is 0 Å². The monoisotopic (exact) mass is 341 g/mol. The van der Waals surface area contributed by atoms with E-state index in [0.717, 1.165) is 23.4 Å². The molecule has 1 saturated heterocycles. The van der Waals surface area contributed by atoms with Crippen molar-refractivity contribution in [3.05, 3.63) is 41.6 Å². The molecule has 0 saturated carbocycles. The summed E-state index contributed by atoms with van der Waals surface area (Å²) in [5, 5.41) is 19.0. The molecule has 1 aromatic carbocycles. The van der Waals surface area contributed by atoms with Crippen molar-refractivity contribution in [2.45, 2.75) is 19.4 Å². The molecule has 2 atom stereocenters. The van der Waals surface area contributed by atoms with Crippen molar-refractivity contribution in [1.82, 2.24) is 15.1 Å². The topological polar surface area (TPSA) is 75.6 Å². The summed E-state index contributed by atoms with van der Waals surface area (Å²) in [7, 11) is 3.57. The number of hydrogen-bond acceptors (Lipinski definition) is 6. The molecule has 1 N–H and O–H groups in total. The summed E-state index contributed by atoms with van der Waals surface area (Å²) in [5.41, 5.74) is 3.03. The summed E-state index contributed by atoms with van der Waals surface area (Å²) in [6, 6.07) is 9.40. The molecule has 2 unspecified atom stereocenters. The average molecular weight is 341 g/mol. The number of benzene rings is 1. The lowest BCUT2D eigenvalue weighted by Gasteiger charge is -2.31. The molecular weight excluding hydrogens is 318 g/mol. The average Bonchev–Trinajstić information content (AvgIpc) is 2.63. The first-order valence-electron chi connectivity index (χ1n) is 8.37. The van der Waals surface area contributed by atoms with Gasteiger partial charge in [-0.15, -0.1) is 0 Å². The molecule has 3 rings (SSSR count). The standard InChI is InChI=1S/C19H23N3O3/c1-12-4-5-13(18(10-12)25-3)15-6-7-16(21-20-15)19(24)14-11-22(2)9-8-17(14)23/h4-7,10,14,19,24H,8-9,11H2,1-3H3. The van der Waals surface area contributed by atoms with Crippen LogP contribution in [0, 0.1) is 12.8 Å². The molecule has 0 amide bonds. The fourth-order valence-corrected chi connectivity index (χ4v) is 3.15. The smallest absolute Gasteiger partial charge is 0.141 e. The normalized spacial score (nSPS) is 19.7. The van der Waals surface area contributed by atoms with Crippen LogP contribution in [0.3, 0.4) is 0 Å². The Balaban J connectivity index is 1.84. The van der Waals surface area contributed by atoms with Crippen LogP contribution in [0.25, 0.3) is 11.3 Å². The number of ketones is 1. The highest BCUT2D eigenvalue weighted by Gasteiger charge is 2.33. The van der Waals surface area contributed by atoms with Gasteiger partial charge in [0, 0.05) is 25.1 Å². The van der Waals surface area contributed by atoms with E-state index in [0.29, 0.717) is 24.4 Å². The lowest BCUT2D eigenvalue weighted by molar-refractivity contribution is -0.130. The lowest BCUT2D eigenvalue weighted by Crippen LogP contribution is -2.41. The first kappa shape index (κ1) is 17.5. The van der Waals surface area contributed by atoms with Crippen LogP contribution in [0.15, 0.2) is 30.3 Å². The SMILES string of the molecule is COc1cc(C)ccc1-c1ccc(C(O)C2CN(C)CCC2=O)nn1. The van der Waals surface area contributed by atoms with Gasteiger partial charge in [0.15, 0.2) is 0 Å². The van der Waals surface area contributed by atoms with E-state index in [2.05, 4.69) is 10.2 Å². The first-order valence-corrected chi connectivity index (χ1v) is 8.37. The van der Waals surface area contributed by atoms with Gasteiger partial charge >= 0.3 is 0 Å². The van der Waals surface area contributed by atoms with Gasteiger partial charge in [0.1, 0.15) is 17.6 Å². The summed E-state index contributed by atoms with van der Waals surface area (Å²) >= 11 is 0. The summed E-state index contributed by atoms with van der Waals surface area (Å²) < 4.78 is 5.41. The summed E-state index contributed by atoms with van der Waals surface area (Å²) in [6.07, 6.45) is -0.471. The predicted octanol–water partition coefficient (Wildman–Crippen LogP) is 2.01. The highest BCUT2D eigenvalue weighted by Crippen LogP contribution is 2.30. The molecule has 132 valence electrons. The number of nitrogens with zero attached hydrogens (tertiary/aromatic N) is 3. The number of rotatable bonds is 4. The third kappa shape index (κ3) is 3.70. The quantitative estimate of drug-likeness (QED) is 0.917. The van der Waals surface area contributed by atoms with Crippen LogP contribution in [-0.2, 0) is 4.79 Å². The van der Waals surface area contributed by atoms with E-state index in [4.69, 9.17) is 4.74 Å². The third-order valence-electron chi connectivity index (χ3n) is 4.66. The minimum atomic E-state index is -0.934. The molecule has 6 heteroatoms. The number of hydrogen-bond donors (Lipinski definition) is 1. The molecule has 6 nitrogen and oxygen atoms in total. The molecule has 2 heterocycles. The Morgan fingerprint density at radius 2 is 2.08 bits per heavy atom. The van der Waals surface area contributed by atoms with E-state index in [9.17, 15) is 9.90 Å². The third-order valence-corrected chi connectivity index (χ3v) is 4.66. The van der Waals surface area contributed by atoms with Crippen LogP contribution in [0.1, 0.15) is 23.8 Å². The number of likely N-dealkylation sites (tertiary alicyclic amines) is 1. The van der Waals surface area contributed by atoms with Crippen LogP contribution in [0.4, 0.5) is 0 Å². The summed E-state index contributed by atoms with van der Waals surface area (Å²) in [5.74, 6) is 0.358. The maximum Gasteiger partial charge on any atom is 0.141 e. The van der Waals surface area contributed by atoms with Crippen molar-refractivity contribution in [3.8, 4) is 17.0 Å². The Labute approximate surface area is 147 Å². The van der Waals surface area contributed by atoms with Gasteiger partial charge < -0.3 is 14.7 Å². The van der Waals surface area contributed by atoms with Crippen molar-refractivity contribution in [2.75, 3.05) is 27.2 Å². The maximum atomic E-state index is 12.1. The number of methoxy groups -OCH3 is 1. The van der Waals surface area contributed by atoms with Gasteiger partial charge in [0.05, 0.1) is 24.4 Å². The minimum Gasteiger partial charge on any atom is -0.496 e. The number of ether oxygens (including phenoxy) is 1. The molecule has 2 aromatic rings. The van der Waals surface area contributed by atoms with Crippen LogP contribution in [0.2, 0.25) is 0 Å². The maximum absolute atomic E-state index is 12.1. The Morgan fingerprint density at radius 1 is 1.28 bits per heavy atom. The highest BCUT2D eigenvalue weighted by atomic mass is 16.5. The van der Waals surface area contributed by atoms with Gasteiger partial charge in [-0.05, 0) is 43.8 Å².